The number of hydrogen-bond acceptors (Lipinski definition) is 1. The first kappa shape index (κ1) is 13.8. The summed E-state index contributed by atoms with van der Waals surface area (Å²) in [5.41, 5.74) is 14.3. The molecule has 0 radical (unpaired) electrons. The van der Waals surface area contributed by atoms with E-state index in [1.54, 1.807) is 0 Å². The van der Waals surface area contributed by atoms with Crippen molar-refractivity contribution in [2.24, 2.45) is 5.73 Å². The first-order valence-electron chi connectivity index (χ1n) is 6.87. The highest BCUT2D eigenvalue weighted by molar-refractivity contribution is 5.37. The van der Waals surface area contributed by atoms with Crippen molar-refractivity contribution >= 4 is 0 Å². The molecule has 100 valence electrons. The van der Waals surface area contributed by atoms with Crippen LogP contribution in [0.15, 0.2) is 36.4 Å². The Balaban J connectivity index is 2.23. The third kappa shape index (κ3) is 3.05. The van der Waals surface area contributed by atoms with E-state index in [-0.39, 0.29) is 6.04 Å². The molecule has 0 amide bonds. The Morgan fingerprint density at radius 2 is 1.63 bits per heavy atom. The molecule has 1 nitrogen and oxygen atoms in total. The van der Waals surface area contributed by atoms with Gasteiger partial charge in [-0.3, -0.25) is 0 Å². The van der Waals surface area contributed by atoms with Gasteiger partial charge in [0.25, 0.3) is 0 Å². The van der Waals surface area contributed by atoms with E-state index < -0.39 is 0 Å². The number of hydrogen-bond donors (Lipinski definition) is 1. The van der Waals surface area contributed by atoms with Crippen LogP contribution in [-0.2, 0) is 6.42 Å². The molecule has 0 aliphatic carbocycles. The zero-order valence-corrected chi connectivity index (χ0v) is 12.3. The largest absolute Gasteiger partial charge is 0.324 e. The van der Waals surface area contributed by atoms with Gasteiger partial charge in [-0.25, -0.2) is 0 Å². The van der Waals surface area contributed by atoms with Gasteiger partial charge in [-0.2, -0.15) is 0 Å². The van der Waals surface area contributed by atoms with Crippen LogP contribution in [0.3, 0.4) is 0 Å². The van der Waals surface area contributed by atoms with Gasteiger partial charge in [0.1, 0.15) is 0 Å². The predicted octanol–water partition coefficient (Wildman–Crippen LogP) is 4.16. The van der Waals surface area contributed by atoms with Gasteiger partial charge in [-0.15, -0.1) is 0 Å². The molecular formula is C18H23N. The summed E-state index contributed by atoms with van der Waals surface area (Å²) in [6, 6.07) is 13.1. The lowest BCUT2D eigenvalue weighted by Gasteiger charge is -2.17. The summed E-state index contributed by atoms with van der Waals surface area (Å²) >= 11 is 0. The third-order valence-electron chi connectivity index (χ3n) is 4.07. The fourth-order valence-corrected chi connectivity index (χ4v) is 2.47. The Morgan fingerprint density at radius 1 is 0.895 bits per heavy atom. The van der Waals surface area contributed by atoms with Gasteiger partial charge in [-0.05, 0) is 67.5 Å². The van der Waals surface area contributed by atoms with E-state index in [9.17, 15) is 0 Å². The van der Waals surface area contributed by atoms with E-state index in [2.05, 4.69) is 64.1 Å². The van der Waals surface area contributed by atoms with Crippen molar-refractivity contribution in [1.29, 1.82) is 0 Å². The maximum Gasteiger partial charge on any atom is 0.0338 e. The average Bonchev–Trinajstić information content (AvgIpc) is 2.37. The molecule has 2 aromatic carbocycles. The minimum atomic E-state index is 0.0713. The molecule has 1 atom stereocenters. The molecular weight excluding hydrogens is 230 g/mol. The van der Waals surface area contributed by atoms with Gasteiger partial charge in [0.2, 0.25) is 0 Å². The maximum absolute atomic E-state index is 6.38. The van der Waals surface area contributed by atoms with Crippen LogP contribution in [0.4, 0.5) is 0 Å². The van der Waals surface area contributed by atoms with Crippen molar-refractivity contribution in [3.63, 3.8) is 0 Å². The Hall–Kier alpha value is -1.60. The first-order chi connectivity index (χ1) is 8.99. The minimum Gasteiger partial charge on any atom is -0.324 e. The van der Waals surface area contributed by atoms with Crippen LogP contribution in [0.1, 0.15) is 39.4 Å². The van der Waals surface area contributed by atoms with Crippen LogP contribution < -0.4 is 5.73 Å². The third-order valence-corrected chi connectivity index (χ3v) is 4.07. The smallest absolute Gasteiger partial charge is 0.0338 e. The molecule has 0 spiro atoms. The van der Waals surface area contributed by atoms with Crippen LogP contribution in [0.25, 0.3) is 0 Å². The van der Waals surface area contributed by atoms with E-state index in [0.29, 0.717) is 0 Å². The van der Waals surface area contributed by atoms with E-state index in [1.807, 2.05) is 0 Å². The Morgan fingerprint density at radius 3 is 2.32 bits per heavy atom. The fraction of sp³-hybridized carbons (Fsp3) is 0.333. The van der Waals surface area contributed by atoms with Gasteiger partial charge < -0.3 is 5.73 Å². The van der Waals surface area contributed by atoms with Crippen molar-refractivity contribution in [1.82, 2.24) is 0 Å². The van der Waals surface area contributed by atoms with Crippen LogP contribution in [-0.4, -0.2) is 0 Å². The summed E-state index contributed by atoms with van der Waals surface area (Å²) < 4.78 is 0. The van der Waals surface area contributed by atoms with Crippen molar-refractivity contribution in [2.75, 3.05) is 0 Å². The minimum absolute atomic E-state index is 0.0713. The highest BCUT2D eigenvalue weighted by Crippen LogP contribution is 2.22. The molecule has 2 rings (SSSR count). The number of nitrogens with two attached hydrogens (primary N) is 1. The van der Waals surface area contributed by atoms with Gasteiger partial charge in [0.15, 0.2) is 0 Å². The number of aryl methyl sites for hydroxylation is 3. The van der Waals surface area contributed by atoms with Crippen LogP contribution in [0, 0.1) is 27.7 Å². The van der Waals surface area contributed by atoms with Crippen molar-refractivity contribution < 1.29 is 0 Å². The molecule has 0 saturated carbocycles. The molecule has 2 aromatic rings. The quantitative estimate of drug-likeness (QED) is 0.873. The van der Waals surface area contributed by atoms with Gasteiger partial charge in [-0.1, -0.05) is 36.4 Å². The van der Waals surface area contributed by atoms with Gasteiger partial charge in [0, 0.05) is 6.04 Å². The maximum atomic E-state index is 6.38. The molecule has 0 bridgehead atoms. The predicted molar refractivity (Wildman–Crippen MR) is 82.5 cm³/mol. The van der Waals surface area contributed by atoms with Crippen LogP contribution >= 0.6 is 0 Å². The van der Waals surface area contributed by atoms with E-state index >= 15 is 0 Å². The molecule has 1 unspecified atom stereocenters. The summed E-state index contributed by atoms with van der Waals surface area (Å²) in [5, 5.41) is 0. The van der Waals surface area contributed by atoms with Crippen molar-refractivity contribution in [3.05, 3.63) is 69.8 Å². The molecule has 1 heteroatoms. The Labute approximate surface area is 116 Å². The summed E-state index contributed by atoms with van der Waals surface area (Å²) in [6.07, 6.45) is 0.894. The van der Waals surface area contributed by atoms with Crippen molar-refractivity contribution in [3.8, 4) is 0 Å². The molecule has 0 aliphatic heterocycles. The molecule has 0 fully saturated rings. The van der Waals surface area contributed by atoms with Gasteiger partial charge in [0.05, 0.1) is 0 Å². The monoisotopic (exact) mass is 253 g/mol. The molecule has 0 aliphatic rings. The zero-order chi connectivity index (χ0) is 14.0. The molecule has 0 aromatic heterocycles. The number of benzene rings is 2. The Kier molecular flexibility index (Phi) is 4.06. The lowest BCUT2D eigenvalue weighted by atomic mass is 9.93. The Bertz CT molecular complexity index is 584. The zero-order valence-electron chi connectivity index (χ0n) is 12.3. The topological polar surface area (TPSA) is 26.0 Å². The second-order valence-electron chi connectivity index (χ2n) is 5.52. The highest BCUT2D eigenvalue weighted by Gasteiger charge is 2.11. The standard InChI is InChI=1S/C18H23N/c1-12-8-9-16(10-14(12)3)11-18(19)17-7-5-6-13(2)15(17)4/h5-10,18H,11,19H2,1-4H3. The molecule has 0 saturated heterocycles. The summed E-state index contributed by atoms with van der Waals surface area (Å²) in [6.45, 7) is 8.60. The molecule has 0 heterocycles. The normalized spacial score (nSPS) is 12.5. The highest BCUT2D eigenvalue weighted by atomic mass is 14.6. The van der Waals surface area contributed by atoms with E-state index in [0.717, 1.165) is 6.42 Å². The van der Waals surface area contributed by atoms with Crippen LogP contribution in [0.5, 0.6) is 0 Å². The second-order valence-corrected chi connectivity index (χ2v) is 5.52. The van der Waals surface area contributed by atoms with Crippen LogP contribution in [0.2, 0.25) is 0 Å². The van der Waals surface area contributed by atoms with Crippen molar-refractivity contribution in [2.45, 2.75) is 40.2 Å². The average molecular weight is 253 g/mol. The van der Waals surface area contributed by atoms with E-state index in [4.69, 9.17) is 5.73 Å². The van der Waals surface area contributed by atoms with E-state index in [1.165, 1.54) is 33.4 Å². The fourth-order valence-electron chi connectivity index (χ4n) is 2.47. The lowest BCUT2D eigenvalue weighted by Crippen LogP contribution is -2.15. The first-order valence-corrected chi connectivity index (χ1v) is 6.87. The molecule has 2 N–H and O–H groups in total. The SMILES string of the molecule is Cc1ccc(CC(N)c2cccc(C)c2C)cc1C. The summed E-state index contributed by atoms with van der Waals surface area (Å²) in [5.74, 6) is 0. The summed E-state index contributed by atoms with van der Waals surface area (Å²) in [4.78, 5) is 0. The number of rotatable bonds is 3. The summed E-state index contributed by atoms with van der Waals surface area (Å²) in [7, 11) is 0. The van der Waals surface area contributed by atoms with Gasteiger partial charge >= 0.3 is 0 Å². The second kappa shape index (κ2) is 5.58. The lowest BCUT2D eigenvalue weighted by molar-refractivity contribution is 0.715. The molecule has 19 heavy (non-hydrogen) atoms.